The molecule has 10 heteroatoms. The lowest BCUT2D eigenvalue weighted by Crippen LogP contribution is -2.47. The smallest absolute Gasteiger partial charge is 0.244 e. The van der Waals surface area contributed by atoms with Gasteiger partial charge in [-0.2, -0.15) is 0 Å². The summed E-state index contributed by atoms with van der Waals surface area (Å²) in [5.74, 6) is 1.31. The number of aliphatic hydroxyl groups excluding tert-OH is 1. The molecule has 0 unspecified atom stereocenters. The van der Waals surface area contributed by atoms with Crippen molar-refractivity contribution < 1.29 is 23.1 Å². The summed E-state index contributed by atoms with van der Waals surface area (Å²) >= 11 is 0. The van der Waals surface area contributed by atoms with Crippen molar-refractivity contribution >= 4 is 15.9 Å². The first-order valence-corrected chi connectivity index (χ1v) is 14.7. The Morgan fingerprint density at radius 3 is 2.58 bits per heavy atom. The van der Waals surface area contributed by atoms with Gasteiger partial charge in [0.2, 0.25) is 15.9 Å². The molecule has 0 bridgehead atoms. The Hall–Kier alpha value is -1.72. The summed E-state index contributed by atoms with van der Waals surface area (Å²) in [4.78, 5) is 18.2. The summed E-state index contributed by atoms with van der Waals surface area (Å²) in [7, 11) is -1.88. The lowest BCUT2D eigenvalue weighted by molar-refractivity contribution is -0.129. The number of nitrogens with one attached hydrogen (secondary N) is 1. The second kappa shape index (κ2) is 11.3. The van der Waals surface area contributed by atoms with Gasteiger partial charge in [0.15, 0.2) is 0 Å². The monoisotopic (exact) mass is 522 g/mol. The van der Waals surface area contributed by atoms with Crippen LogP contribution in [0.5, 0.6) is 5.75 Å². The van der Waals surface area contributed by atoms with Gasteiger partial charge in [0.25, 0.3) is 0 Å². The number of piperidine rings is 1. The number of fused-ring (bicyclic) bond motifs is 2. The van der Waals surface area contributed by atoms with Crippen LogP contribution < -0.4 is 9.46 Å². The minimum atomic E-state index is -3.86. The van der Waals surface area contributed by atoms with Gasteiger partial charge in [0.1, 0.15) is 16.7 Å². The van der Waals surface area contributed by atoms with E-state index < -0.39 is 16.1 Å². The second-order valence-corrected chi connectivity index (χ2v) is 12.8. The fraction of sp³-hybridized carbons (Fsp3) is 0.731. The number of hydrogen-bond acceptors (Lipinski definition) is 7. The predicted octanol–water partition coefficient (Wildman–Crippen LogP) is 1.47. The van der Waals surface area contributed by atoms with Gasteiger partial charge < -0.3 is 14.7 Å². The zero-order valence-corrected chi connectivity index (χ0v) is 22.8. The number of carbonyl (C=O) groups excluding carboxylic acids is 1. The zero-order chi connectivity index (χ0) is 26.0. The fourth-order valence-corrected chi connectivity index (χ4v) is 6.78. The highest BCUT2D eigenvalue weighted by molar-refractivity contribution is 7.89. The van der Waals surface area contributed by atoms with E-state index in [1.807, 2.05) is 24.1 Å². The van der Waals surface area contributed by atoms with Gasteiger partial charge in [0, 0.05) is 46.2 Å². The number of likely N-dealkylation sites (tertiary alicyclic amines) is 2. The number of carbonyl (C=O) groups is 1. The van der Waals surface area contributed by atoms with Crippen LogP contribution in [0, 0.1) is 5.92 Å². The van der Waals surface area contributed by atoms with Crippen molar-refractivity contribution in [2.45, 2.75) is 69.1 Å². The molecule has 0 aliphatic carbocycles. The predicted molar refractivity (Wildman–Crippen MR) is 139 cm³/mol. The van der Waals surface area contributed by atoms with Gasteiger partial charge >= 0.3 is 0 Å². The average molecular weight is 523 g/mol. The Morgan fingerprint density at radius 2 is 1.92 bits per heavy atom. The topological polar surface area (TPSA) is 102 Å². The van der Waals surface area contributed by atoms with Crippen LogP contribution in [0.1, 0.15) is 51.5 Å². The SMILES string of the molecule is CC(=O)N1CCC(c2ccc3c(c2)O[C@H]2CN(CCC(C)C)C[C@H]2N(C)C[C@@H](O)CNS3(=O)=O)CC1. The van der Waals surface area contributed by atoms with Gasteiger partial charge in [-0.15, -0.1) is 0 Å². The molecule has 3 aliphatic rings. The van der Waals surface area contributed by atoms with Crippen molar-refractivity contribution in [1.82, 2.24) is 19.4 Å². The lowest BCUT2D eigenvalue weighted by atomic mass is 9.89. The number of hydrogen-bond donors (Lipinski definition) is 2. The highest BCUT2D eigenvalue weighted by Gasteiger charge is 2.39. The number of sulfonamides is 1. The van der Waals surface area contributed by atoms with E-state index in [1.165, 1.54) is 0 Å². The molecular weight excluding hydrogens is 480 g/mol. The molecule has 1 aromatic rings. The number of benzene rings is 1. The van der Waals surface area contributed by atoms with Gasteiger partial charge in [-0.05, 0) is 62.4 Å². The summed E-state index contributed by atoms with van der Waals surface area (Å²) in [6.07, 6.45) is 1.74. The number of rotatable bonds is 4. The van der Waals surface area contributed by atoms with E-state index >= 15 is 0 Å². The lowest BCUT2D eigenvalue weighted by Gasteiger charge is -2.32. The van der Waals surface area contributed by atoms with Crippen LogP contribution in [-0.4, -0.2) is 105 Å². The highest BCUT2D eigenvalue weighted by atomic mass is 32.2. The van der Waals surface area contributed by atoms with Crippen LogP contribution in [0.4, 0.5) is 0 Å². The molecule has 36 heavy (non-hydrogen) atoms. The molecule has 0 radical (unpaired) electrons. The molecule has 3 heterocycles. The number of likely N-dealkylation sites (N-methyl/N-ethyl adjacent to an activating group) is 1. The molecule has 202 valence electrons. The van der Waals surface area contributed by atoms with E-state index in [2.05, 4.69) is 28.4 Å². The van der Waals surface area contributed by atoms with Crippen LogP contribution in [0.25, 0.3) is 0 Å². The van der Waals surface area contributed by atoms with Crippen molar-refractivity contribution in [2.24, 2.45) is 5.92 Å². The number of amides is 1. The molecule has 2 saturated heterocycles. The molecule has 1 aromatic carbocycles. The van der Waals surface area contributed by atoms with E-state index in [-0.39, 0.29) is 35.4 Å². The van der Waals surface area contributed by atoms with Crippen LogP contribution in [0.3, 0.4) is 0 Å². The molecule has 2 fully saturated rings. The third-order valence-electron chi connectivity index (χ3n) is 7.86. The minimum Gasteiger partial charge on any atom is -0.486 e. The standard InChI is InChI=1S/C26H42N4O5S/c1-18(2)7-10-29-16-23-25(17-29)35-24-13-21(20-8-11-30(12-9-20)19(3)31)5-6-26(24)36(33,34)27-14-22(32)15-28(23)4/h5-6,13,18,20,22-23,25,27,32H,7-12,14-17H2,1-4H3/t22-,23+,25-/m0/s1. The van der Waals surface area contributed by atoms with Crippen LogP contribution in [-0.2, 0) is 14.8 Å². The maximum absolute atomic E-state index is 13.2. The molecule has 4 rings (SSSR count). The average Bonchev–Trinajstić information content (AvgIpc) is 3.23. The summed E-state index contributed by atoms with van der Waals surface area (Å²) in [6.45, 7) is 10.2. The number of ether oxygens (including phenoxy) is 1. The largest absolute Gasteiger partial charge is 0.486 e. The Balaban J connectivity index is 1.64. The third-order valence-corrected chi connectivity index (χ3v) is 9.32. The molecule has 3 aliphatic heterocycles. The Morgan fingerprint density at radius 1 is 1.19 bits per heavy atom. The molecular formula is C26H42N4O5S. The fourth-order valence-electron chi connectivity index (χ4n) is 5.59. The molecule has 2 N–H and O–H groups in total. The summed E-state index contributed by atoms with van der Waals surface area (Å²) in [5.41, 5.74) is 1.04. The molecule has 0 aromatic heterocycles. The van der Waals surface area contributed by atoms with Crippen molar-refractivity contribution in [1.29, 1.82) is 0 Å². The molecule has 9 nitrogen and oxygen atoms in total. The third kappa shape index (κ3) is 6.39. The van der Waals surface area contributed by atoms with Crippen molar-refractivity contribution in [3.8, 4) is 5.75 Å². The molecule has 1 amide bonds. The molecule has 0 spiro atoms. The van der Waals surface area contributed by atoms with Crippen molar-refractivity contribution in [3.63, 3.8) is 0 Å². The van der Waals surface area contributed by atoms with Gasteiger partial charge in [-0.3, -0.25) is 14.6 Å². The Kier molecular flexibility index (Phi) is 8.61. The summed E-state index contributed by atoms with van der Waals surface area (Å²) in [5, 5.41) is 10.6. The summed E-state index contributed by atoms with van der Waals surface area (Å²) in [6, 6.07) is 5.45. The van der Waals surface area contributed by atoms with E-state index in [0.29, 0.717) is 37.8 Å². The van der Waals surface area contributed by atoms with Gasteiger partial charge in [-0.1, -0.05) is 19.9 Å². The normalized spacial score (nSPS) is 28.3. The quantitative estimate of drug-likeness (QED) is 0.618. The molecule has 0 saturated carbocycles. The Bertz CT molecular complexity index is 1030. The zero-order valence-electron chi connectivity index (χ0n) is 22.0. The van der Waals surface area contributed by atoms with E-state index in [0.717, 1.165) is 37.9 Å². The first-order valence-electron chi connectivity index (χ1n) is 13.2. The molecule has 3 atom stereocenters. The number of aliphatic hydroxyl groups is 1. The van der Waals surface area contributed by atoms with Gasteiger partial charge in [0.05, 0.1) is 12.1 Å². The van der Waals surface area contributed by atoms with Gasteiger partial charge in [-0.25, -0.2) is 13.1 Å². The van der Waals surface area contributed by atoms with Crippen LogP contribution >= 0.6 is 0 Å². The van der Waals surface area contributed by atoms with Crippen LogP contribution in [0.15, 0.2) is 23.1 Å². The minimum absolute atomic E-state index is 0.0444. The van der Waals surface area contributed by atoms with E-state index in [1.54, 1.807) is 13.0 Å². The van der Waals surface area contributed by atoms with Crippen molar-refractivity contribution in [3.05, 3.63) is 23.8 Å². The van der Waals surface area contributed by atoms with Crippen LogP contribution in [0.2, 0.25) is 0 Å². The first-order chi connectivity index (χ1) is 17.0. The number of β-amino-alcohol motifs (C(OH)–C–C–N with tert-alkyl or cyclic N) is 1. The highest BCUT2D eigenvalue weighted by Crippen LogP contribution is 2.35. The van der Waals surface area contributed by atoms with E-state index in [4.69, 9.17) is 4.74 Å². The van der Waals surface area contributed by atoms with Crippen molar-refractivity contribution in [2.75, 3.05) is 52.9 Å². The first kappa shape index (κ1) is 27.3. The second-order valence-electron chi connectivity index (χ2n) is 11.1. The van der Waals surface area contributed by atoms with E-state index in [9.17, 15) is 18.3 Å². The summed E-state index contributed by atoms with van der Waals surface area (Å²) < 4.78 is 35.6. The maximum atomic E-state index is 13.2. The number of nitrogens with zero attached hydrogens (tertiary/aromatic N) is 3. The Labute approximate surface area is 215 Å². The maximum Gasteiger partial charge on any atom is 0.244 e.